The van der Waals surface area contributed by atoms with Gasteiger partial charge in [-0.2, -0.15) is 5.26 Å². The molecule has 0 aromatic rings. The molecule has 2 unspecified atom stereocenters. The van der Waals surface area contributed by atoms with Crippen LogP contribution in [-0.4, -0.2) is 42.3 Å². The van der Waals surface area contributed by atoms with Crippen molar-refractivity contribution in [2.45, 2.75) is 58.6 Å². The second-order valence-electron chi connectivity index (χ2n) is 6.51. The van der Waals surface area contributed by atoms with E-state index in [4.69, 9.17) is 10.00 Å². The van der Waals surface area contributed by atoms with E-state index < -0.39 is 5.60 Å². The molecule has 0 aliphatic carbocycles. The smallest absolute Gasteiger partial charge is 0.410 e. The summed E-state index contributed by atoms with van der Waals surface area (Å²) in [7, 11) is 0. The van der Waals surface area contributed by atoms with Crippen LogP contribution in [0.2, 0.25) is 0 Å². The number of likely N-dealkylation sites (tertiary alicyclic amines) is 1. The first-order valence-corrected chi connectivity index (χ1v) is 7.43. The maximum absolute atomic E-state index is 12.2. The highest BCUT2D eigenvalue weighted by Crippen LogP contribution is 2.20. The average molecular weight is 281 g/mol. The van der Waals surface area contributed by atoms with E-state index in [1.54, 1.807) is 0 Å². The van der Waals surface area contributed by atoms with Gasteiger partial charge in [0.25, 0.3) is 0 Å². The van der Waals surface area contributed by atoms with Crippen LogP contribution in [0.1, 0.15) is 47.0 Å². The van der Waals surface area contributed by atoms with Crippen molar-refractivity contribution in [2.24, 2.45) is 5.92 Å². The molecule has 1 saturated heterocycles. The van der Waals surface area contributed by atoms with Gasteiger partial charge in [0.05, 0.1) is 12.0 Å². The summed E-state index contributed by atoms with van der Waals surface area (Å²) in [5.74, 6) is -0.00596. The molecular formula is C15H27N3O2. The predicted octanol–water partition coefficient (Wildman–Crippen LogP) is 2.53. The summed E-state index contributed by atoms with van der Waals surface area (Å²) in [5, 5.41) is 12.0. The number of ether oxygens (including phenoxy) is 1. The number of rotatable bonds is 4. The maximum Gasteiger partial charge on any atom is 0.410 e. The van der Waals surface area contributed by atoms with E-state index in [1.165, 1.54) is 0 Å². The lowest BCUT2D eigenvalue weighted by Crippen LogP contribution is -2.50. The average Bonchev–Trinajstić information content (AvgIpc) is 2.37. The molecule has 0 aromatic heterocycles. The predicted molar refractivity (Wildman–Crippen MR) is 78.2 cm³/mol. The van der Waals surface area contributed by atoms with Crippen molar-refractivity contribution in [3.8, 4) is 6.07 Å². The first-order chi connectivity index (χ1) is 9.33. The van der Waals surface area contributed by atoms with Crippen LogP contribution in [0.25, 0.3) is 0 Å². The van der Waals surface area contributed by atoms with Gasteiger partial charge in [-0.3, -0.25) is 0 Å². The number of carbonyl (C=O) groups is 1. The van der Waals surface area contributed by atoms with Crippen molar-refractivity contribution < 1.29 is 9.53 Å². The molecule has 1 amide bonds. The summed E-state index contributed by atoms with van der Waals surface area (Å²) < 4.78 is 5.46. The molecule has 1 fully saturated rings. The van der Waals surface area contributed by atoms with Gasteiger partial charge < -0.3 is 15.0 Å². The highest BCUT2D eigenvalue weighted by molar-refractivity contribution is 5.68. The Morgan fingerprint density at radius 1 is 1.50 bits per heavy atom. The minimum absolute atomic E-state index is 0.00596. The summed E-state index contributed by atoms with van der Waals surface area (Å²) in [6.07, 6.45) is 2.94. The van der Waals surface area contributed by atoms with E-state index in [0.29, 0.717) is 6.54 Å². The van der Waals surface area contributed by atoms with Crippen LogP contribution in [-0.2, 0) is 4.74 Å². The number of hydrogen-bond donors (Lipinski definition) is 1. The third kappa shape index (κ3) is 5.79. The lowest BCUT2D eigenvalue weighted by Gasteiger charge is -2.37. The molecule has 20 heavy (non-hydrogen) atoms. The van der Waals surface area contributed by atoms with Crippen LogP contribution in [0, 0.1) is 17.2 Å². The monoisotopic (exact) mass is 281 g/mol. The SMILES string of the molecule is CC(C#N)CNCC1CCCCN1C(=O)OC(C)(C)C. The summed E-state index contributed by atoms with van der Waals surface area (Å²) >= 11 is 0. The molecule has 114 valence electrons. The highest BCUT2D eigenvalue weighted by Gasteiger charge is 2.30. The molecule has 1 heterocycles. The number of nitrogens with one attached hydrogen (secondary N) is 1. The summed E-state index contributed by atoms with van der Waals surface area (Å²) in [5.41, 5.74) is -0.457. The van der Waals surface area contributed by atoms with Gasteiger partial charge in [-0.25, -0.2) is 4.79 Å². The lowest BCUT2D eigenvalue weighted by atomic mass is 10.0. The van der Waals surface area contributed by atoms with Gasteiger partial charge in [0.15, 0.2) is 0 Å². The van der Waals surface area contributed by atoms with Crippen molar-refractivity contribution in [3.05, 3.63) is 0 Å². The van der Waals surface area contributed by atoms with E-state index in [9.17, 15) is 4.79 Å². The van der Waals surface area contributed by atoms with Gasteiger partial charge in [0.1, 0.15) is 5.60 Å². The standard InChI is InChI=1S/C15H27N3O2/c1-12(9-16)10-17-11-13-7-5-6-8-18(13)14(19)20-15(2,3)4/h12-13,17H,5-8,10-11H2,1-4H3. The first-order valence-electron chi connectivity index (χ1n) is 7.43. The number of amides is 1. The Labute approximate surface area is 122 Å². The number of piperidine rings is 1. The topological polar surface area (TPSA) is 65.4 Å². The van der Waals surface area contributed by atoms with Crippen molar-refractivity contribution in [3.63, 3.8) is 0 Å². The second-order valence-corrected chi connectivity index (χ2v) is 6.51. The van der Waals surface area contributed by atoms with Crippen molar-refractivity contribution in [1.82, 2.24) is 10.2 Å². The Morgan fingerprint density at radius 2 is 2.20 bits per heavy atom. The molecule has 2 atom stereocenters. The molecule has 5 nitrogen and oxygen atoms in total. The molecule has 0 bridgehead atoms. The molecule has 1 aliphatic heterocycles. The summed E-state index contributed by atoms with van der Waals surface area (Å²) in [4.78, 5) is 14.0. The van der Waals surface area contributed by atoms with Crippen molar-refractivity contribution >= 4 is 6.09 Å². The Morgan fingerprint density at radius 3 is 2.80 bits per heavy atom. The molecule has 0 spiro atoms. The molecule has 1 N–H and O–H groups in total. The van der Waals surface area contributed by atoms with E-state index in [1.807, 2.05) is 32.6 Å². The van der Waals surface area contributed by atoms with E-state index in [-0.39, 0.29) is 18.1 Å². The van der Waals surface area contributed by atoms with Crippen LogP contribution in [0.4, 0.5) is 4.79 Å². The van der Waals surface area contributed by atoms with Crippen LogP contribution in [0.5, 0.6) is 0 Å². The van der Waals surface area contributed by atoms with Crippen LogP contribution >= 0.6 is 0 Å². The summed E-state index contributed by atoms with van der Waals surface area (Å²) in [6, 6.07) is 2.37. The minimum Gasteiger partial charge on any atom is -0.444 e. The number of carbonyl (C=O) groups excluding carboxylic acids is 1. The largest absolute Gasteiger partial charge is 0.444 e. The molecule has 0 saturated carbocycles. The zero-order valence-electron chi connectivity index (χ0n) is 13.1. The molecule has 0 radical (unpaired) electrons. The Bertz CT molecular complexity index is 357. The van der Waals surface area contributed by atoms with Crippen molar-refractivity contribution in [1.29, 1.82) is 5.26 Å². The zero-order valence-corrected chi connectivity index (χ0v) is 13.1. The number of nitrogens with zero attached hydrogens (tertiary/aromatic N) is 2. The second kappa shape index (κ2) is 7.49. The highest BCUT2D eigenvalue weighted by atomic mass is 16.6. The van der Waals surface area contributed by atoms with Gasteiger partial charge in [0, 0.05) is 25.7 Å². The van der Waals surface area contributed by atoms with E-state index in [0.717, 1.165) is 32.4 Å². The van der Waals surface area contributed by atoms with Gasteiger partial charge in [0.2, 0.25) is 0 Å². The van der Waals surface area contributed by atoms with Crippen LogP contribution in [0.15, 0.2) is 0 Å². The molecule has 0 aromatic carbocycles. The maximum atomic E-state index is 12.2. The Kier molecular flexibility index (Phi) is 6.28. The Balaban J connectivity index is 2.50. The molecule has 5 heteroatoms. The van der Waals surface area contributed by atoms with Crippen LogP contribution in [0.3, 0.4) is 0 Å². The first kappa shape index (κ1) is 16.8. The third-order valence-electron chi connectivity index (χ3n) is 3.31. The molecule has 1 aliphatic rings. The molecular weight excluding hydrogens is 254 g/mol. The number of nitriles is 1. The van der Waals surface area contributed by atoms with Crippen LogP contribution < -0.4 is 5.32 Å². The van der Waals surface area contributed by atoms with Gasteiger partial charge in [-0.1, -0.05) is 0 Å². The van der Waals surface area contributed by atoms with Gasteiger partial charge in [-0.05, 0) is 47.0 Å². The minimum atomic E-state index is -0.457. The normalized spacial score (nSPS) is 21.1. The fraction of sp³-hybridized carbons (Fsp3) is 0.867. The fourth-order valence-electron chi connectivity index (χ4n) is 2.29. The lowest BCUT2D eigenvalue weighted by molar-refractivity contribution is 0.00994. The number of hydrogen-bond acceptors (Lipinski definition) is 4. The Hall–Kier alpha value is -1.28. The van der Waals surface area contributed by atoms with Crippen molar-refractivity contribution in [2.75, 3.05) is 19.6 Å². The molecule has 1 rings (SSSR count). The van der Waals surface area contributed by atoms with E-state index >= 15 is 0 Å². The zero-order chi connectivity index (χ0) is 15.2. The quantitative estimate of drug-likeness (QED) is 0.860. The summed E-state index contributed by atoms with van der Waals surface area (Å²) in [6.45, 7) is 9.69. The van der Waals surface area contributed by atoms with Gasteiger partial charge >= 0.3 is 6.09 Å². The van der Waals surface area contributed by atoms with Gasteiger partial charge in [-0.15, -0.1) is 0 Å². The fourth-order valence-corrected chi connectivity index (χ4v) is 2.29. The van der Waals surface area contributed by atoms with E-state index in [2.05, 4.69) is 11.4 Å². The third-order valence-corrected chi connectivity index (χ3v) is 3.31.